The lowest BCUT2D eigenvalue weighted by Gasteiger charge is -2.29. The topological polar surface area (TPSA) is 69.6 Å². The molecule has 0 aliphatic rings. The van der Waals surface area contributed by atoms with Crippen LogP contribution in [0.15, 0.2) is 24.3 Å². The summed E-state index contributed by atoms with van der Waals surface area (Å²) in [5.74, 6) is -0.779. The summed E-state index contributed by atoms with van der Waals surface area (Å²) in [5.41, 5.74) is -1.19. The molecule has 4 nitrogen and oxygen atoms in total. The monoisotopic (exact) mass is 277 g/mol. The number of carbonyl (C=O) groups excluding carboxylic acids is 1. The Kier molecular flexibility index (Phi) is 5.21. The molecule has 6 heteroatoms. The molecule has 0 bridgehead atoms. The third-order valence-corrected chi connectivity index (χ3v) is 2.76. The molecule has 0 saturated carbocycles. The van der Waals surface area contributed by atoms with E-state index in [1.54, 1.807) is 24.3 Å². The minimum absolute atomic E-state index is 0.0305. The standard InChI is InChI=1S/C11H13Cl2NO3/c12-7-10(16)14-11(17,5-6-15)8-1-3-9(13)4-2-8/h1-4,15,17H,5-7H2,(H,14,16). The Labute approximate surface area is 109 Å². The molecule has 1 rings (SSSR count). The van der Waals surface area contributed by atoms with E-state index in [-0.39, 0.29) is 18.9 Å². The molecule has 1 aromatic carbocycles. The van der Waals surface area contributed by atoms with Gasteiger partial charge in [-0.1, -0.05) is 23.7 Å². The van der Waals surface area contributed by atoms with Gasteiger partial charge in [-0.3, -0.25) is 4.79 Å². The zero-order chi connectivity index (χ0) is 12.9. The van der Waals surface area contributed by atoms with Crippen LogP contribution in [0.1, 0.15) is 12.0 Å². The van der Waals surface area contributed by atoms with Crippen LogP contribution in [-0.2, 0) is 10.5 Å². The van der Waals surface area contributed by atoms with Gasteiger partial charge in [-0.15, -0.1) is 11.6 Å². The van der Waals surface area contributed by atoms with Crippen LogP contribution in [0.25, 0.3) is 0 Å². The summed E-state index contributed by atoms with van der Waals surface area (Å²) in [6, 6.07) is 6.33. The molecule has 17 heavy (non-hydrogen) atoms. The van der Waals surface area contributed by atoms with Gasteiger partial charge in [0.1, 0.15) is 5.88 Å². The fourth-order valence-corrected chi connectivity index (χ4v) is 1.62. The number of hydrogen-bond acceptors (Lipinski definition) is 3. The third-order valence-electron chi connectivity index (χ3n) is 2.26. The molecule has 0 saturated heterocycles. The van der Waals surface area contributed by atoms with Crippen molar-refractivity contribution in [3.63, 3.8) is 0 Å². The Hall–Kier alpha value is -0.810. The SMILES string of the molecule is O=C(CCl)NC(O)(CCO)c1ccc(Cl)cc1. The molecular weight excluding hydrogens is 265 g/mol. The summed E-state index contributed by atoms with van der Waals surface area (Å²) >= 11 is 11.1. The van der Waals surface area contributed by atoms with Crippen molar-refractivity contribution in [2.24, 2.45) is 0 Å². The first-order valence-electron chi connectivity index (χ1n) is 4.98. The Bertz CT molecular complexity index is 383. The number of rotatable bonds is 5. The number of alkyl halides is 1. The van der Waals surface area contributed by atoms with Crippen molar-refractivity contribution in [2.75, 3.05) is 12.5 Å². The van der Waals surface area contributed by atoms with Crippen LogP contribution in [0, 0.1) is 0 Å². The van der Waals surface area contributed by atoms with Gasteiger partial charge in [-0.25, -0.2) is 0 Å². The number of nitrogens with one attached hydrogen (secondary N) is 1. The summed E-state index contributed by atoms with van der Waals surface area (Å²) in [5, 5.41) is 22.1. The second-order valence-corrected chi connectivity index (χ2v) is 4.23. The summed E-state index contributed by atoms with van der Waals surface area (Å²) in [6.45, 7) is -0.276. The fourth-order valence-electron chi connectivity index (χ4n) is 1.43. The largest absolute Gasteiger partial charge is 0.396 e. The maximum Gasteiger partial charge on any atom is 0.237 e. The van der Waals surface area contributed by atoms with Crippen LogP contribution < -0.4 is 5.32 Å². The molecule has 1 aromatic rings. The van der Waals surface area contributed by atoms with Crippen molar-refractivity contribution >= 4 is 29.1 Å². The minimum atomic E-state index is -1.63. The lowest BCUT2D eigenvalue weighted by Crippen LogP contribution is -2.47. The molecule has 0 fully saturated rings. The average Bonchev–Trinajstić information content (AvgIpc) is 2.29. The van der Waals surface area contributed by atoms with Gasteiger partial charge in [0.25, 0.3) is 0 Å². The van der Waals surface area contributed by atoms with E-state index >= 15 is 0 Å². The number of aliphatic hydroxyl groups is 2. The van der Waals surface area contributed by atoms with Gasteiger partial charge >= 0.3 is 0 Å². The number of hydrogen-bond donors (Lipinski definition) is 3. The molecule has 0 heterocycles. The van der Waals surface area contributed by atoms with Crippen LogP contribution in [0.3, 0.4) is 0 Å². The normalized spacial score (nSPS) is 14.1. The minimum Gasteiger partial charge on any atom is -0.396 e. The van der Waals surface area contributed by atoms with Crippen molar-refractivity contribution in [1.82, 2.24) is 5.32 Å². The number of halogens is 2. The zero-order valence-corrected chi connectivity index (χ0v) is 10.5. The van der Waals surface area contributed by atoms with Gasteiger partial charge in [0.15, 0.2) is 5.72 Å². The molecule has 1 amide bonds. The quantitative estimate of drug-likeness (QED) is 0.560. The van der Waals surface area contributed by atoms with Crippen LogP contribution in [0.2, 0.25) is 5.02 Å². The number of aliphatic hydroxyl groups excluding tert-OH is 1. The van der Waals surface area contributed by atoms with Gasteiger partial charge in [-0.2, -0.15) is 0 Å². The Morgan fingerprint density at radius 3 is 2.41 bits per heavy atom. The van der Waals surface area contributed by atoms with Crippen LogP contribution in [-0.4, -0.2) is 28.6 Å². The van der Waals surface area contributed by atoms with Crippen LogP contribution in [0.5, 0.6) is 0 Å². The lowest BCUT2D eigenvalue weighted by molar-refractivity contribution is -0.128. The summed E-state index contributed by atoms with van der Waals surface area (Å²) in [7, 11) is 0. The highest BCUT2D eigenvalue weighted by molar-refractivity contribution is 6.30. The highest BCUT2D eigenvalue weighted by Gasteiger charge is 2.30. The van der Waals surface area contributed by atoms with Crippen molar-refractivity contribution < 1.29 is 15.0 Å². The predicted molar refractivity (Wildman–Crippen MR) is 65.9 cm³/mol. The first-order chi connectivity index (χ1) is 8.01. The predicted octanol–water partition coefficient (Wildman–Crippen LogP) is 1.22. The molecule has 0 spiro atoms. The van der Waals surface area contributed by atoms with Gasteiger partial charge in [0.2, 0.25) is 5.91 Å². The Morgan fingerprint density at radius 2 is 1.94 bits per heavy atom. The van der Waals surface area contributed by atoms with E-state index in [0.717, 1.165) is 0 Å². The van der Waals surface area contributed by atoms with Gasteiger partial charge in [-0.05, 0) is 12.1 Å². The molecule has 0 aliphatic carbocycles. The van der Waals surface area contributed by atoms with Gasteiger partial charge in [0.05, 0.1) is 0 Å². The number of carbonyl (C=O) groups is 1. The van der Waals surface area contributed by atoms with E-state index in [1.807, 2.05) is 0 Å². The van der Waals surface area contributed by atoms with E-state index in [4.69, 9.17) is 28.3 Å². The molecule has 3 N–H and O–H groups in total. The van der Waals surface area contributed by atoms with E-state index in [1.165, 1.54) is 0 Å². The number of benzene rings is 1. The second-order valence-electron chi connectivity index (χ2n) is 3.52. The van der Waals surface area contributed by atoms with Crippen molar-refractivity contribution in [2.45, 2.75) is 12.1 Å². The van der Waals surface area contributed by atoms with Crippen molar-refractivity contribution in [1.29, 1.82) is 0 Å². The van der Waals surface area contributed by atoms with Crippen molar-refractivity contribution in [3.8, 4) is 0 Å². The molecule has 1 unspecified atom stereocenters. The highest BCUT2D eigenvalue weighted by Crippen LogP contribution is 2.23. The maximum atomic E-state index is 11.2. The molecule has 0 aliphatic heterocycles. The lowest BCUT2D eigenvalue weighted by atomic mass is 9.99. The number of amides is 1. The summed E-state index contributed by atoms with van der Waals surface area (Å²) in [4.78, 5) is 11.2. The zero-order valence-electron chi connectivity index (χ0n) is 8.99. The first-order valence-corrected chi connectivity index (χ1v) is 5.89. The maximum absolute atomic E-state index is 11.2. The Morgan fingerprint density at radius 1 is 1.35 bits per heavy atom. The fraction of sp³-hybridized carbons (Fsp3) is 0.364. The molecule has 94 valence electrons. The van der Waals surface area contributed by atoms with E-state index in [2.05, 4.69) is 5.32 Å². The van der Waals surface area contributed by atoms with Crippen LogP contribution >= 0.6 is 23.2 Å². The molecule has 0 aromatic heterocycles. The first kappa shape index (κ1) is 14.3. The average molecular weight is 278 g/mol. The van der Waals surface area contributed by atoms with Gasteiger partial charge < -0.3 is 15.5 Å². The van der Waals surface area contributed by atoms with Crippen molar-refractivity contribution in [3.05, 3.63) is 34.9 Å². The molecule has 0 radical (unpaired) electrons. The van der Waals surface area contributed by atoms with Crippen LogP contribution in [0.4, 0.5) is 0 Å². The van der Waals surface area contributed by atoms with Gasteiger partial charge in [0, 0.05) is 23.6 Å². The van der Waals surface area contributed by atoms with E-state index in [9.17, 15) is 9.90 Å². The smallest absolute Gasteiger partial charge is 0.237 e. The molecule has 1 atom stereocenters. The summed E-state index contributed by atoms with van der Waals surface area (Å²) in [6.07, 6.45) is -0.0305. The van der Waals surface area contributed by atoms with E-state index < -0.39 is 11.6 Å². The Balaban J connectivity index is 2.97. The second kappa shape index (κ2) is 6.21. The third kappa shape index (κ3) is 3.85. The summed E-state index contributed by atoms with van der Waals surface area (Å²) < 4.78 is 0. The van der Waals surface area contributed by atoms with E-state index in [0.29, 0.717) is 10.6 Å². The molecular formula is C11H13Cl2NO3. The highest BCUT2D eigenvalue weighted by atomic mass is 35.5.